The number of aromatic nitrogens is 4. The average Bonchev–Trinajstić information content (AvgIpc) is 3.76. The first-order valence-electron chi connectivity index (χ1n) is 18.7. The first kappa shape index (κ1) is 32.9. The maximum absolute atomic E-state index is 14.2. The molecule has 4 aliphatic rings. The number of nitrogens with one attached hydrogen (secondary N) is 4. The second kappa shape index (κ2) is 13.5. The number of hydrogen-bond donors (Lipinski definition) is 4. The van der Waals surface area contributed by atoms with E-state index in [4.69, 9.17) is 14.5 Å². The van der Waals surface area contributed by atoms with Crippen molar-refractivity contribution in [3.05, 3.63) is 84.7 Å². The van der Waals surface area contributed by atoms with Crippen molar-refractivity contribution in [2.75, 3.05) is 33.4 Å². The van der Waals surface area contributed by atoms with Crippen molar-refractivity contribution in [3.8, 4) is 33.6 Å². The summed E-state index contributed by atoms with van der Waals surface area (Å²) < 4.78 is 10.5. The van der Waals surface area contributed by atoms with Gasteiger partial charge in [0.15, 0.2) is 0 Å². The van der Waals surface area contributed by atoms with Crippen LogP contribution in [0.4, 0.5) is 4.79 Å². The predicted molar refractivity (Wildman–Crippen MR) is 198 cm³/mol. The number of ether oxygens (including phenoxy) is 2. The van der Waals surface area contributed by atoms with Crippen LogP contribution in [-0.4, -0.2) is 76.3 Å². The van der Waals surface area contributed by atoms with E-state index in [-0.39, 0.29) is 23.3 Å². The number of carbonyl (C=O) groups is 2. The lowest BCUT2D eigenvalue weighted by molar-refractivity contribution is -0.137. The van der Waals surface area contributed by atoms with Gasteiger partial charge >= 0.3 is 6.09 Å². The molecule has 2 aromatic heterocycles. The Balaban J connectivity index is 0.914. The van der Waals surface area contributed by atoms with E-state index in [1.165, 1.54) is 24.3 Å². The molecule has 0 radical (unpaired) electrons. The summed E-state index contributed by atoms with van der Waals surface area (Å²) >= 11 is 0. The van der Waals surface area contributed by atoms with Crippen LogP contribution in [0.1, 0.15) is 68.7 Å². The van der Waals surface area contributed by atoms with Gasteiger partial charge in [-0.05, 0) is 102 Å². The number of benzene rings is 3. The minimum Gasteiger partial charge on any atom is -0.453 e. The number of carbonyl (C=O) groups excluding carboxylic acids is 2. The van der Waals surface area contributed by atoms with Crippen molar-refractivity contribution >= 4 is 22.8 Å². The van der Waals surface area contributed by atoms with Crippen LogP contribution in [0.2, 0.25) is 0 Å². The molecule has 52 heavy (non-hydrogen) atoms. The number of hydrogen-bond acceptors (Lipinski definition) is 7. The summed E-state index contributed by atoms with van der Waals surface area (Å²) in [5.74, 6) is 1.74. The second-order valence-electron chi connectivity index (χ2n) is 15.1. The Morgan fingerprint density at radius 3 is 2.23 bits per heavy atom. The van der Waals surface area contributed by atoms with Gasteiger partial charge in [-0.1, -0.05) is 48.5 Å². The Bertz CT molecular complexity index is 2090. The maximum atomic E-state index is 14.2. The number of nitrogens with zero attached hydrogens (tertiary/aromatic N) is 3. The highest BCUT2D eigenvalue weighted by Crippen LogP contribution is 2.58. The number of methoxy groups -OCH3 is 1. The summed E-state index contributed by atoms with van der Waals surface area (Å²) in [6, 6.07) is 21.2. The molecule has 11 nitrogen and oxygen atoms in total. The molecular formula is C41H45N7O4. The summed E-state index contributed by atoms with van der Waals surface area (Å²) in [6.45, 7) is 2.89. The first-order chi connectivity index (χ1) is 25.4. The molecule has 1 spiro atoms. The Kier molecular flexibility index (Phi) is 8.55. The molecule has 2 amide bonds. The number of aromatic amines is 2. The second-order valence-corrected chi connectivity index (χ2v) is 15.1. The smallest absolute Gasteiger partial charge is 0.407 e. The fraction of sp³-hybridized carbons (Fsp3) is 0.415. The summed E-state index contributed by atoms with van der Waals surface area (Å²) in [5.41, 5.74) is 6.55. The zero-order valence-corrected chi connectivity index (χ0v) is 29.5. The zero-order valence-electron chi connectivity index (χ0n) is 29.5. The van der Waals surface area contributed by atoms with Crippen LogP contribution in [0.25, 0.3) is 44.4 Å². The molecule has 3 unspecified atom stereocenters. The average molecular weight is 700 g/mol. The molecule has 11 heteroatoms. The van der Waals surface area contributed by atoms with Crippen LogP contribution < -0.4 is 10.6 Å². The van der Waals surface area contributed by atoms with E-state index in [0.717, 1.165) is 90.4 Å². The van der Waals surface area contributed by atoms with Gasteiger partial charge in [-0.15, -0.1) is 0 Å². The fourth-order valence-electron chi connectivity index (χ4n) is 8.53. The van der Waals surface area contributed by atoms with Crippen molar-refractivity contribution in [1.29, 1.82) is 0 Å². The van der Waals surface area contributed by atoms with Crippen molar-refractivity contribution in [1.82, 2.24) is 35.5 Å². The molecule has 5 aromatic rings. The number of fused-ring (bicyclic) bond motifs is 1. The third kappa shape index (κ3) is 6.36. The highest BCUT2D eigenvalue weighted by Gasteiger charge is 2.55. The van der Waals surface area contributed by atoms with E-state index in [1.807, 2.05) is 17.3 Å². The minimum absolute atomic E-state index is 0.00282. The number of likely N-dealkylation sites (tertiary alicyclic amines) is 1. The predicted octanol–water partition coefficient (Wildman–Crippen LogP) is 6.92. The van der Waals surface area contributed by atoms with Gasteiger partial charge in [0.25, 0.3) is 0 Å². The molecule has 1 aliphatic carbocycles. The van der Waals surface area contributed by atoms with E-state index >= 15 is 0 Å². The molecule has 3 aromatic carbocycles. The van der Waals surface area contributed by atoms with Crippen LogP contribution in [0.15, 0.2) is 73.1 Å². The molecule has 268 valence electrons. The van der Waals surface area contributed by atoms with Crippen molar-refractivity contribution in [2.45, 2.75) is 63.1 Å². The maximum Gasteiger partial charge on any atom is 0.407 e. The molecule has 3 saturated heterocycles. The van der Waals surface area contributed by atoms with Crippen LogP contribution in [0.5, 0.6) is 0 Å². The van der Waals surface area contributed by atoms with E-state index in [1.54, 1.807) is 0 Å². The zero-order chi connectivity index (χ0) is 35.2. The lowest BCUT2D eigenvalue weighted by Gasteiger charge is -2.34. The van der Waals surface area contributed by atoms with Crippen molar-refractivity contribution < 1.29 is 19.1 Å². The van der Waals surface area contributed by atoms with Gasteiger partial charge in [0, 0.05) is 25.3 Å². The van der Waals surface area contributed by atoms with E-state index < -0.39 is 12.1 Å². The topological polar surface area (TPSA) is 137 Å². The van der Waals surface area contributed by atoms with Gasteiger partial charge in [0.1, 0.15) is 17.7 Å². The molecule has 4 N–H and O–H groups in total. The molecule has 4 fully saturated rings. The monoisotopic (exact) mass is 699 g/mol. The third-order valence-electron chi connectivity index (χ3n) is 11.8. The van der Waals surface area contributed by atoms with Gasteiger partial charge in [0.2, 0.25) is 5.91 Å². The molecule has 9 rings (SSSR count). The number of rotatable bonds is 8. The van der Waals surface area contributed by atoms with Crippen LogP contribution in [0.3, 0.4) is 0 Å². The molecule has 3 aliphatic heterocycles. The van der Waals surface area contributed by atoms with E-state index in [0.29, 0.717) is 25.8 Å². The lowest BCUT2D eigenvalue weighted by Crippen LogP contribution is -2.53. The highest BCUT2D eigenvalue weighted by atomic mass is 16.5. The quantitative estimate of drug-likeness (QED) is 0.138. The van der Waals surface area contributed by atoms with Gasteiger partial charge < -0.3 is 35.0 Å². The van der Waals surface area contributed by atoms with Crippen molar-refractivity contribution in [3.63, 3.8) is 0 Å². The Morgan fingerprint density at radius 1 is 0.865 bits per heavy atom. The SMILES string of the molecule is COC(=O)NC(C(=O)N1CC2(CC2)CC1c1ncc(-c2ccc(-c3ccc4cc(-c5cnc(C6CCCN6)[nH]5)ccc4c3)cc2)[nH]1)C1CCOCC1. The van der Waals surface area contributed by atoms with E-state index in [9.17, 15) is 9.59 Å². The van der Waals surface area contributed by atoms with Gasteiger partial charge in [0.05, 0.1) is 43.0 Å². The lowest BCUT2D eigenvalue weighted by atomic mass is 9.90. The normalized spacial score (nSPS) is 21.8. The standard InChI is InChI=1S/C41H45N7O4/c1-51-40(50)47-36(27-12-17-52-18-13-27)39(49)48-24-41(14-15-41)21-35(48)38-44-22-33(46-38)26-6-4-25(5-7-26)28-8-9-30-20-31(11-10-29(30)19-28)34-23-43-37(45-34)32-3-2-16-42-32/h4-11,19-20,22-23,27,32,35-36,42H,2-3,12-18,21,24H2,1H3,(H,43,45)(H,44,46)(H,47,50). The summed E-state index contributed by atoms with van der Waals surface area (Å²) in [7, 11) is 1.33. The first-order valence-corrected chi connectivity index (χ1v) is 18.7. The highest BCUT2D eigenvalue weighted by molar-refractivity contribution is 5.91. The molecular weight excluding hydrogens is 654 g/mol. The van der Waals surface area contributed by atoms with Crippen LogP contribution in [-0.2, 0) is 14.3 Å². The molecule has 5 heterocycles. The van der Waals surface area contributed by atoms with Crippen LogP contribution in [0, 0.1) is 11.3 Å². The number of H-pyrrole nitrogens is 2. The molecule has 0 bridgehead atoms. The van der Waals surface area contributed by atoms with Crippen molar-refractivity contribution in [2.24, 2.45) is 11.3 Å². The number of amides is 2. The Labute approximate surface area is 302 Å². The summed E-state index contributed by atoms with van der Waals surface area (Å²) in [5, 5.41) is 8.75. The Morgan fingerprint density at radius 2 is 1.52 bits per heavy atom. The largest absolute Gasteiger partial charge is 0.453 e. The minimum atomic E-state index is -0.657. The van der Waals surface area contributed by atoms with Gasteiger partial charge in [-0.25, -0.2) is 14.8 Å². The fourth-order valence-corrected chi connectivity index (χ4v) is 8.53. The molecule has 1 saturated carbocycles. The van der Waals surface area contributed by atoms with Crippen LogP contribution >= 0.6 is 0 Å². The number of imidazole rings is 2. The summed E-state index contributed by atoms with van der Waals surface area (Å²) in [6.07, 6.45) is 10.1. The van der Waals surface area contributed by atoms with Gasteiger partial charge in [-0.3, -0.25) is 4.79 Å². The van der Waals surface area contributed by atoms with Gasteiger partial charge in [-0.2, -0.15) is 0 Å². The Hall–Kier alpha value is -5.00. The van der Waals surface area contributed by atoms with E-state index in [2.05, 4.69) is 86.2 Å². The summed E-state index contributed by atoms with van der Waals surface area (Å²) in [4.78, 5) is 45.1. The number of alkyl carbamates (subject to hydrolysis) is 1. The molecule has 3 atom stereocenters. The third-order valence-corrected chi connectivity index (χ3v) is 11.8.